The van der Waals surface area contributed by atoms with Crippen LogP contribution in [-0.2, 0) is 6.61 Å². The molecule has 0 unspecified atom stereocenters. The van der Waals surface area contributed by atoms with Crippen molar-refractivity contribution in [3.63, 3.8) is 0 Å². The van der Waals surface area contributed by atoms with Crippen LogP contribution in [0.4, 0.5) is 8.78 Å². The fraction of sp³-hybridized carbons (Fsp3) is 0.143. The molecule has 2 nitrogen and oxygen atoms in total. The average molecular weight is 250 g/mol. The first-order valence-electron chi connectivity index (χ1n) is 5.40. The summed E-state index contributed by atoms with van der Waals surface area (Å²) in [5.41, 5.74) is 0.651. The summed E-state index contributed by atoms with van der Waals surface area (Å²) >= 11 is 0. The van der Waals surface area contributed by atoms with Crippen LogP contribution >= 0.6 is 0 Å². The SMILES string of the molecule is COc1ccc(COc2cccc(F)c2)cc1F. The maximum Gasteiger partial charge on any atom is 0.165 e. The van der Waals surface area contributed by atoms with Crippen molar-refractivity contribution in [2.24, 2.45) is 0 Å². The van der Waals surface area contributed by atoms with Crippen LogP contribution in [0.3, 0.4) is 0 Å². The Hall–Kier alpha value is -2.10. The van der Waals surface area contributed by atoms with E-state index in [0.29, 0.717) is 11.3 Å². The number of ether oxygens (including phenoxy) is 2. The first kappa shape index (κ1) is 12.4. The lowest BCUT2D eigenvalue weighted by atomic mass is 10.2. The van der Waals surface area contributed by atoms with Crippen LogP contribution in [0.25, 0.3) is 0 Å². The molecule has 0 aliphatic carbocycles. The lowest BCUT2D eigenvalue weighted by molar-refractivity contribution is 0.303. The minimum Gasteiger partial charge on any atom is -0.494 e. The van der Waals surface area contributed by atoms with Gasteiger partial charge in [-0.2, -0.15) is 0 Å². The second-order valence-corrected chi connectivity index (χ2v) is 3.71. The first-order valence-corrected chi connectivity index (χ1v) is 5.40. The summed E-state index contributed by atoms with van der Waals surface area (Å²) < 4.78 is 36.5. The molecule has 2 rings (SSSR count). The van der Waals surface area contributed by atoms with E-state index in [1.807, 2.05) is 0 Å². The molecule has 0 amide bonds. The number of hydrogen-bond acceptors (Lipinski definition) is 2. The van der Waals surface area contributed by atoms with E-state index in [4.69, 9.17) is 9.47 Å². The standard InChI is InChI=1S/C14H12F2O2/c1-17-14-6-5-10(7-13(14)16)9-18-12-4-2-3-11(15)8-12/h2-8H,9H2,1H3. The Morgan fingerprint density at radius 2 is 1.89 bits per heavy atom. The summed E-state index contributed by atoms with van der Waals surface area (Å²) in [7, 11) is 1.40. The molecule has 0 radical (unpaired) electrons. The molecule has 0 saturated heterocycles. The Balaban J connectivity index is 2.04. The van der Waals surface area contributed by atoms with Crippen molar-refractivity contribution in [3.8, 4) is 11.5 Å². The van der Waals surface area contributed by atoms with Gasteiger partial charge in [0.15, 0.2) is 11.6 Å². The zero-order valence-corrected chi connectivity index (χ0v) is 9.82. The van der Waals surface area contributed by atoms with E-state index in [1.165, 1.54) is 31.4 Å². The Labute approximate surface area is 104 Å². The number of benzene rings is 2. The first-order chi connectivity index (χ1) is 8.69. The molecule has 0 aliphatic rings. The van der Waals surface area contributed by atoms with E-state index in [9.17, 15) is 8.78 Å². The summed E-state index contributed by atoms with van der Waals surface area (Å²) in [6.07, 6.45) is 0. The van der Waals surface area contributed by atoms with Crippen LogP contribution in [0.2, 0.25) is 0 Å². The van der Waals surface area contributed by atoms with Gasteiger partial charge in [0.2, 0.25) is 0 Å². The highest BCUT2D eigenvalue weighted by molar-refractivity contribution is 5.29. The van der Waals surface area contributed by atoms with E-state index in [-0.39, 0.29) is 18.2 Å². The Morgan fingerprint density at radius 3 is 2.56 bits per heavy atom. The Morgan fingerprint density at radius 1 is 1.06 bits per heavy atom. The van der Waals surface area contributed by atoms with Gasteiger partial charge in [0.1, 0.15) is 18.2 Å². The molecule has 94 valence electrons. The molecular formula is C14H12F2O2. The maximum atomic E-state index is 13.4. The van der Waals surface area contributed by atoms with Crippen molar-refractivity contribution in [2.45, 2.75) is 6.61 Å². The predicted molar refractivity (Wildman–Crippen MR) is 63.7 cm³/mol. The second kappa shape index (κ2) is 5.49. The van der Waals surface area contributed by atoms with E-state index >= 15 is 0 Å². The molecule has 2 aromatic carbocycles. The van der Waals surface area contributed by atoms with Crippen molar-refractivity contribution in [2.75, 3.05) is 7.11 Å². The topological polar surface area (TPSA) is 18.5 Å². The zero-order chi connectivity index (χ0) is 13.0. The second-order valence-electron chi connectivity index (χ2n) is 3.71. The van der Waals surface area contributed by atoms with Gasteiger partial charge in [-0.1, -0.05) is 12.1 Å². The van der Waals surface area contributed by atoms with Crippen LogP contribution in [0.5, 0.6) is 11.5 Å². The molecule has 0 bridgehead atoms. The van der Waals surface area contributed by atoms with Crippen LogP contribution in [-0.4, -0.2) is 7.11 Å². The van der Waals surface area contributed by atoms with Gasteiger partial charge in [0.05, 0.1) is 7.11 Å². The third-order valence-electron chi connectivity index (χ3n) is 2.42. The summed E-state index contributed by atoms with van der Waals surface area (Å²) in [5.74, 6) is -0.220. The van der Waals surface area contributed by atoms with Crippen molar-refractivity contribution >= 4 is 0 Å². The zero-order valence-electron chi connectivity index (χ0n) is 9.82. The van der Waals surface area contributed by atoms with E-state index in [1.54, 1.807) is 18.2 Å². The molecule has 0 fully saturated rings. The lowest BCUT2D eigenvalue weighted by Gasteiger charge is -2.07. The molecule has 0 N–H and O–H groups in total. The minimum absolute atomic E-state index is 0.171. The molecule has 0 atom stereocenters. The molecule has 0 aromatic heterocycles. The maximum absolute atomic E-state index is 13.4. The van der Waals surface area contributed by atoms with E-state index in [2.05, 4.69) is 0 Å². The molecular weight excluding hydrogens is 238 g/mol. The molecule has 18 heavy (non-hydrogen) atoms. The third-order valence-corrected chi connectivity index (χ3v) is 2.42. The quantitative estimate of drug-likeness (QED) is 0.826. The van der Waals surface area contributed by atoms with Gasteiger partial charge in [-0.15, -0.1) is 0 Å². The number of rotatable bonds is 4. The van der Waals surface area contributed by atoms with Crippen LogP contribution in [0.15, 0.2) is 42.5 Å². The van der Waals surface area contributed by atoms with Gasteiger partial charge in [-0.25, -0.2) is 8.78 Å². The highest BCUT2D eigenvalue weighted by atomic mass is 19.1. The number of methoxy groups -OCH3 is 1. The Kier molecular flexibility index (Phi) is 3.77. The molecule has 0 spiro atoms. The summed E-state index contributed by atoms with van der Waals surface area (Å²) in [6, 6.07) is 10.4. The van der Waals surface area contributed by atoms with Crippen molar-refractivity contribution in [3.05, 3.63) is 59.7 Å². The molecule has 2 aromatic rings. The molecule has 0 aliphatic heterocycles. The summed E-state index contributed by atoms with van der Waals surface area (Å²) in [4.78, 5) is 0. The normalized spacial score (nSPS) is 10.2. The van der Waals surface area contributed by atoms with Crippen molar-refractivity contribution < 1.29 is 18.3 Å². The van der Waals surface area contributed by atoms with Gasteiger partial charge in [0, 0.05) is 6.07 Å². The summed E-state index contributed by atoms with van der Waals surface area (Å²) in [6.45, 7) is 0.171. The largest absolute Gasteiger partial charge is 0.494 e. The monoisotopic (exact) mass is 250 g/mol. The van der Waals surface area contributed by atoms with E-state index < -0.39 is 5.82 Å². The van der Waals surface area contributed by atoms with Gasteiger partial charge in [0.25, 0.3) is 0 Å². The fourth-order valence-corrected chi connectivity index (χ4v) is 1.52. The smallest absolute Gasteiger partial charge is 0.165 e. The van der Waals surface area contributed by atoms with Gasteiger partial charge >= 0.3 is 0 Å². The molecule has 4 heteroatoms. The van der Waals surface area contributed by atoms with Gasteiger partial charge in [-0.05, 0) is 29.8 Å². The predicted octanol–water partition coefficient (Wildman–Crippen LogP) is 3.55. The third kappa shape index (κ3) is 2.97. The average Bonchev–Trinajstić information content (AvgIpc) is 2.37. The highest BCUT2D eigenvalue weighted by Gasteiger charge is 2.04. The fourth-order valence-electron chi connectivity index (χ4n) is 1.52. The number of hydrogen-bond donors (Lipinski definition) is 0. The van der Waals surface area contributed by atoms with Crippen LogP contribution in [0, 0.1) is 11.6 Å². The Bertz CT molecular complexity index is 541. The summed E-state index contributed by atoms with van der Waals surface area (Å²) in [5, 5.41) is 0. The minimum atomic E-state index is -0.446. The van der Waals surface area contributed by atoms with Crippen LogP contribution < -0.4 is 9.47 Å². The van der Waals surface area contributed by atoms with Crippen molar-refractivity contribution in [1.82, 2.24) is 0 Å². The molecule has 0 heterocycles. The number of halogens is 2. The van der Waals surface area contributed by atoms with E-state index in [0.717, 1.165) is 0 Å². The highest BCUT2D eigenvalue weighted by Crippen LogP contribution is 2.19. The van der Waals surface area contributed by atoms with Crippen LogP contribution in [0.1, 0.15) is 5.56 Å². The lowest BCUT2D eigenvalue weighted by Crippen LogP contribution is -1.97. The molecule has 0 saturated carbocycles. The van der Waals surface area contributed by atoms with Crippen molar-refractivity contribution in [1.29, 1.82) is 0 Å². The van der Waals surface area contributed by atoms with Gasteiger partial charge < -0.3 is 9.47 Å². The van der Waals surface area contributed by atoms with Gasteiger partial charge in [-0.3, -0.25) is 0 Å².